The zero-order valence-corrected chi connectivity index (χ0v) is 10.9. The average molecular weight is 290 g/mol. The van der Waals surface area contributed by atoms with Gasteiger partial charge in [-0.05, 0) is 46.8 Å². The molecule has 3 rings (SSSR count). The molecule has 0 atom stereocenters. The highest BCUT2D eigenvalue weighted by atomic mass is 35.5. The maximum absolute atomic E-state index is 13.3. The lowest BCUT2D eigenvalue weighted by molar-refractivity contribution is 0.625. The molecule has 0 aliphatic carbocycles. The summed E-state index contributed by atoms with van der Waals surface area (Å²) in [5.41, 5.74) is 7.42. The Hall–Kier alpha value is -2.47. The van der Waals surface area contributed by atoms with Crippen LogP contribution in [0.25, 0.3) is 17.1 Å². The summed E-state index contributed by atoms with van der Waals surface area (Å²) >= 11 is 5.89. The summed E-state index contributed by atoms with van der Waals surface area (Å²) in [6.07, 6.45) is 0. The van der Waals surface area contributed by atoms with Crippen LogP contribution in [-0.2, 0) is 0 Å². The number of benzene rings is 2. The SMILES string of the molecule is Nc1cc(-c2nnnn2-c2cccc(F)c2)ccc1Cl. The van der Waals surface area contributed by atoms with Gasteiger partial charge in [0.2, 0.25) is 0 Å². The predicted octanol–water partition coefficient (Wildman–Crippen LogP) is 2.70. The highest BCUT2D eigenvalue weighted by molar-refractivity contribution is 6.33. The number of hydrogen-bond acceptors (Lipinski definition) is 4. The van der Waals surface area contributed by atoms with Crippen LogP contribution in [0.4, 0.5) is 10.1 Å². The summed E-state index contributed by atoms with van der Waals surface area (Å²) in [7, 11) is 0. The van der Waals surface area contributed by atoms with Crippen LogP contribution in [0, 0.1) is 5.82 Å². The third-order valence-electron chi connectivity index (χ3n) is 2.78. The van der Waals surface area contributed by atoms with Crippen LogP contribution in [0.2, 0.25) is 5.02 Å². The van der Waals surface area contributed by atoms with E-state index in [4.69, 9.17) is 17.3 Å². The van der Waals surface area contributed by atoms with E-state index in [1.54, 1.807) is 30.3 Å². The van der Waals surface area contributed by atoms with E-state index in [9.17, 15) is 4.39 Å². The fourth-order valence-electron chi connectivity index (χ4n) is 1.83. The van der Waals surface area contributed by atoms with Gasteiger partial charge in [-0.15, -0.1) is 5.10 Å². The Labute approximate surface area is 118 Å². The first-order valence-electron chi connectivity index (χ1n) is 5.75. The second kappa shape index (κ2) is 4.90. The van der Waals surface area contributed by atoms with E-state index in [0.29, 0.717) is 27.8 Å². The molecule has 5 nitrogen and oxygen atoms in total. The van der Waals surface area contributed by atoms with Crippen LogP contribution in [0.5, 0.6) is 0 Å². The van der Waals surface area contributed by atoms with Gasteiger partial charge >= 0.3 is 0 Å². The van der Waals surface area contributed by atoms with Crippen LogP contribution < -0.4 is 5.73 Å². The van der Waals surface area contributed by atoms with E-state index in [2.05, 4.69) is 15.5 Å². The Morgan fingerprint density at radius 2 is 2.00 bits per heavy atom. The number of nitrogens with two attached hydrogens (primary N) is 1. The van der Waals surface area contributed by atoms with Crippen molar-refractivity contribution in [2.24, 2.45) is 0 Å². The Bertz CT molecular complexity index is 771. The van der Waals surface area contributed by atoms with E-state index in [1.165, 1.54) is 16.8 Å². The largest absolute Gasteiger partial charge is 0.398 e. The van der Waals surface area contributed by atoms with Crippen molar-refractivity contribution in [1.29, 1.82) is 0 Å². The number of halogens is 2. The van der Waals surface area contributed by atoms with Gasteiger partial charge in [-0.3, -0.25) is 0 Å². The summed E-state index contributed by atoms with van der Waals surface area (Å²) in [5.74, 6) is 0.0959. The molecule has 2 N–H and O–H groups in total. The number of nitrogens with zero attached hydrogens (tertiary/aromatic N) is 4. The summed E-state index contributed by atoms with van der Waals surface area (Å²) in [4.78, 5) is 0. The lowest BCUT2D eigenvalue weighted by Gasteiger charge is -2.06. The molecule has 1 heterocycles. The molecule has 0 spiro atoms. The van der Waals surface area contributed by atoms with Crippen molar-refractivity contribution in [1.82, 2.24) is 20.2 Å². The van der Waals surface area contributed by atoms with Crippen LogP contribution in [0.15, 0.2) is 42.5 Å². The molecule has 0 amide bonds. The summed E-state index contributed by atoms with van der Waals surface area (Å²) in [5, 5.41) is 11.9. The van der Waals surface area contributed by atoms with Gasteiger partial charge in [0, 0.05) is 5.56 Å². The maximum atomic E-state index is 13.3. The molecule has 2 aromatic carbocycles. The van der Waals surface area contributed by atoms with E-state index in [1.807, 2.05) is 0 Å². The van der Waals surface area contributed by atoms with Crippen molar-refractivity contribution in [2.45, 2.75) is 0 Å². The predicted molar refractivity (Wildman–Crippen MR) is 74.0 cm³/mol. The van der Waals surface area contributed by atoms with Gasteiger partial charge in [0.25, 0.3) is 0 Å². The smallest absolute Gasteiger partial charge is 0.187 e. The zero-order valence-electron chi connectivity index (χ0n) is 10.2. The van der Waals surface area contributed by atoms with Crippen molar-refractivity contribution in [3.8, 4) is 17.1 Å². The molecule has 0 unspecified atom stereocenters. The van der Waals surface area contributed by atoms with E-state index in [0.717, 1.165) is 0 Å². The fourth-order valence-corrected chi connectivity index (χ4v) is 1.95. The molecular formula is C13H9ClFN5. The molecule has 0 saturated carbocycles. The lowest BCUT2D eigenvalue weighted by atomic mass is 10.2. The zero-order chi connectivity index (χ0) is 14.1. The summed E-state index contributed by atoms with van der Waals surface area (Å²) in [6, 6.07) is 11.1. The van der Waals surface area contributed by atoms with Gasteiger partial charge in [0.1, 0.15) is 5.82 Å². The Morgan fingerprint density at radius 3 is 2.75 bits per heavy atom. The number of nitrogen functional groups attached to an aromatic ring is 1. The van der Waals surface area contributed by atoms with Crippen molar-refractivity contribution < 1.29 is 4.39 Å². The molecule has 0 saturated heterocycles. The van der Waals surface area contributed by atoms with Gasteiger partial charge in [0.05, 0.1) is 16.4 Å². The highest BCUT2D eigenvalue weighted by Crippen LogP contribution is 2.26. The van der Waals surface area contributed by atoms with Crippen LogP contribution >= 0.6 is 11.6 Å². The topological polar surface area (TPSA) is 69.6 Å². The first-order chi connectivity index (χ1) is 9.65. The summed E-state index contributed by atoms with van der Waals surface area (Å²) in [6.45, 7) is 0. The third kappa shape index (κ3) is 2.21. The van der Waals surface area contributed by atoms with Gasteiger partial charge in [-0.25, -0.2) is 4.39 Å². The average Bonchev–Trinajstić information content (AvgIpc) is 2.91. The highest BCUT2D eigenvalue weighted by Gasteiger charge is 2.12. The lowest BCUT2D eigenvalue weighted by Crippen LogP contribution is -2.00. The molecule has 0 aliphatic heterocycles. The number of hydrogen-bond donors (Lipinski definition) is 1. The molecule has 0 fully saturated rings. The van der Waals surface area contributed by atoms with E-state index in [-0.39, 0.29) is 5.82 Å². The minimum absolute atomic E-state index is 0.362. The van der Waals surface area contributed by atoms with Gasteiger partial charge in [0.15, 0.2) is 5.82 Å². The van der Waals surface area contributed by atoms with Crippen molar-refractivity contribution >= 4 is 17.3 Å². The number of tetrazole rings is 1. The van der Waals surface area contributed by atoms with Crippen LogP contribution in [-0.4, -0.2) is 20.2 Å². The Balaban J connectivity index is 2.12. The third-order valence-corrected chi connectivity index (χ3v) is 3.12. The van der Waals surface area contributed by atoms with Crippen LogP contribution in [0.3, 0.4) is 0 Å². The molecule has 100 valence electrons. The van der Waals surface area contributed by atoms with Crippen LogP contribution in [0.1, 0.15) is 0 Å². The van der Waals surface area contributed by atoms with E-state index < -0.39 is 0 Å². The quantitative estimate of drug-likeness (QED) is 0.736. The second-order valence-electron chi connectivity index (χ2n) is 4.13. The Morgan fingerprint density at radius 1 is 1.15 bits per heavy atom. The number of aromatic nitrogens is 4. The maximum Gasteiger partial charge on any atom is 0.187 e. The monoisotopic (exact) mass is 289 g/mol. The van der Waals surface area contributed by atoms with Crippen molar-refractivity contribution in [2.75, 3.05) is 5.73 Å². The fraction of sp³-hybridized carbons (Fsp3) is 0. The minimum Gasteiger partial charge on any atom is -0.398 e. The molecule has 20 heavy (non-hydrogen) atoms. The molecule has 3 aromatic rings. The summed E-state index contributed by atoms with van der Waals surface area (Å²) < 4.78 is 14.7. The molecule has 0 bridgehead atoms. The molecule has 0 radical (unpaired) electrons. The molecule has 1 aromatic heterocycles. The molecule has 7 heteroatoms. The Kier molecular flexibility index (Phi) is 3.08. The van der Waals surface area contributed by atoms with Gasteiger partial charge in [-0.2, -0.15) is 4.68 Å². The standard InChI is InChI=1S/C13H9ClFN5/c14-11-5-4-8(6-12(11)16)13-17-18-19-20(13)10-3-1-2-9(15)7-10/h1-7H,16H2. The second-order valence-corrected chi connectivity index (χ2v) is 4.54. The number of anilines is 1. The number of rotatable bonds is 2. The molecular weight excluding hydrogens is 281 g/mol. The molecule has 0 aliphatic rings. The first-order valence-corrected chi connectivity index (χ1v) is 6.12. The normalized spacial score (nSPS) is 10.7. The minimum atomic E-state index is -0.362. The van der Waals surface area contributed by atoms with Crippen molar-refractivity contribution in [3.05, 3.63) is 53.3 Å². The van der Waals surface area contributed by atoms with Gasteiger partial charge in [-0.1, -0.05) is 17.7 Å². The first kappa shape index (κ1) is 12.6. The van der Waals surface area contributed by atoms with Gasteiger partial charge < -0.3 is 5.73 Å². The van der Waals surface area contributed by atoms with E-state index >= 15 is 0 Å². The van der Waals surface area contributed by atoms with Crippen molar-refractivity contribution in [3.63, 3.8) is 0 Å².